The van der Waals surface area contributed by atoms with Crippen LogP contribution in [0.3, 0.4) is 0 Å². The third-order valence-corrected chi connectivity index (χ3v) is 5.61. The van der Waals surface area contributed by atoms with E-state index in [1.54, 1.807) is 11.1 Å². The molecular formula is C14H20INS. The molecule has 2 rings (SSSR count). The van der Waals surface area contributed by atoms with Crippen LogP contribution >= 0.6 is 34.4 Å². The van der Waals surface area contributed by atoms with Gasteiger partial charge in [-0.2, -0.15) is 0 Å². The van der Waals surface area contributed by atoms with Crippen LogP contribution in [0, 0.1) is 0 Å². The first-order valence-corrected chi connectivity index (χ1v) is 8.85. The maximum absolute atomic E-state index is 3.54. The van der Waals surface area contributed by atoms with E-state index in [9.17, 15) is 0 Å². The normalized spacial score (nSPS) is 15.9. The van der Waals surface area contributed by atoms with E-state index in [0.717, 1.165) is 6.54 Å². The van der Waals surface area contributed by atoms with Crippen molar-refractivity contribution in [1.82, 2.24) is 5.32 Å². The van der Waals surface area contributed by atoms with E-state index in [0.29, 0.717) is 6.04 Å². The Morgan fingerprint density at radius 3 is 3.12 bits per heavy atom. The van der Waals surface area contributed by atoms with Crippen molar-refractivity contribution in [2.45, 2.75) is 37.1 Å². The molecule has 0 amide bonds. The molecular weight excluding hydrogens is 341 g/mol. The van der Waals surface area contributed by atoms with E-state index in [4.69, 9.17) is 0 Å². The van der Waals surface area contributed by atoms with Crippen molar-refractivity contribution in [2.24, 2.45) is 0 Å². The van der Waals surface area contributed by atoms with Crippen molar-refractivity contribution < 1.29 is 0 Å². The fourth-order valence-electron chi connectivity index (χ4n) is 2.24. The molecule has 0 heterocycles. The Hall–Kier alpha value is 0.260. The SMILES string of the molecule is CC(CI)NCCSc1cccc2c1CCC2. The summed E-state index contributed by atoms with van der Waals surface area (Å²) in [4.78, 5) is 1.52. The van der Waals surface area contributed by atoms with Gasteiger partial charge in [-0.1, -0.05) is 34.7 Å². The molecule has 0 radical (unpaired) electrons. The molecule has 1 aromatic rings. The summed E-state index contributed by atoms with van der Waals surface area (Å²) in [6.07, 6.45) is 3.92. The van der Waals surface area contributed by atoms with Crippen LogP contribution in [0.2, 0.25) is 0 Å². The van der Waals surface area contributed by atoms with Gasteiger partial charge in [-0.05, 0) is 43.4 Å². The molecule has 0 fully saturated rings. The number of hydrogen-bond donors (Lipinski definition) is 1. The fraction of sp³-hybridized carbons (Fsp3) is 0.571. The lowest BCUT2D eigenvalue weighted by Gasteiger charge is -2.11. The van der Waals surface area contributed by atoms with Gasteiger partial charge in [0.15, 0.2) is 0 Å². The van der Waals surface area contributed by atoms with Gasteiger partial charge in [0.1, 0.15) is 0 Å². The van der Waals surface area contributed by atoms with Crippen LogP contribution in [0.15, 0.2) is 23.1 Å². The number of alkyl halides is 1. The third-order valence-electron chi connectivity index (χ3n) is 3.19. The Kier molecular flexibility index (Phi) is 5.63. The topological polar surface area (TPSA) is 12.0 Å². The first kappa shape index (κ1) is 13.7. The molecule has 1 aliphatic carbocycles. The predicted molar refractivity (Wildman–Crippen MR) is 85.5 cm³/mol. The number of hydrogen-bond acceptors (Lipinski definition) is 2. The Morgan fingerprint density at radius 2 is 2.29 bits per heavy atom. The molecule has 0 aliphatic heterocycles. The lowest BCUT2D eigenvalue weighted by atomic mass is 10.1. The molecule has 0 saturated carbocycles. The molecule has 0 aromatic heterocycles. The first-order valence-electron chi connectivity index (χ1n) is 6.34. The van der Waals surface area contributed by atoms with E-state index in [1.807, 2.05) is 11.8 Å². The zero-order valence-electron chi connectivity index (χ0n) is 10.3. The number of rotatable bonds is 6. The monoisotopic (exact) mass is 361 g/mol. The van der Waals surface area contributed by atoms with Gasteiger partial charge in [0, 0.05) is 27.7 Å². The molecule has 0 bridgehead atoms. The van der Waals surface area contributed by atoms with Crippen LogP contribution in [0.25, 0.3) is 0 Å². The van der Waals surface area contributed by atoms with Gasteiger partial charge >= 0.3 is 0 Å². The lowest BCUT2D eigenvalue weighted by molar-refractivity contribution is 0.630. The summed E-state index contributed by atoms with van der Waals surface area (Å²) in [5.74, 6) is 1.18. The van der Waals surface area contributed by atoms with Crippen LogP contribution < -0.4 is 5.32 Å². The summed E-state index contributed by atoms with van der Waals surface area (Å²) in [6.45, 7) is 3.36. The van der Waals surface area contributed by atoms with Crippen molar-refractivity contribution in [3.05, 3.63) is 29.3 Å². The second-order valence-corrected chi connectivity index (χ2v) is 6.62. The van der Waals surface area contributed by atoms with Crippen LogP contribution in [0.5, 0.6) is 0 Å². The summed E-state index contributed by atoms with van der Waals surface area (Å²) >= 11 is 4.44. The van der Waals surface area contributed by atoms with Crippen LogP contribution in [0.4, 0.5) is 0 Å². The maximum Gasteiger partial charge on any atom is 0.0147 e. The van der Waals surface area contributed by atoms with Gasteiger partial charge in [0.2, 0.25) is 0 Å². The Bertz CT molecular complexity index is 367. The Balaban J connectivity index is 1.82. The Morgan fingerprint density at radius 1 is 1.41 bits per heavy atom. The summed E-state index contributed by atoms with van der Waals surface area (Å²) in [6, 6.07) is 7.44. The largest absolute Gasteiger partial charge is 0.313 e. The fourth-order valence-corrected chi connectivity index (χ4v) is 3.57. The molecule has 17 heavy (non-hydrogen) atoms. The molecule has 1 aromatic carbocycles. The van der Waals surface area contributed by atoms with Gasteiger partial charge in [0.05, 0.1) is 0 Å². The second kappa shape index (κ2) is 7.00. The average Bonchev–Trinajstić information content (AvgIpc) is 2.83. The smallest absolute Gasteiger partial charge is 0.0147 e. The van der Waals surface area contributed by atoms with E-state index in [-0.39, 0.29) is 0 Å². The van der Waals surface area contributed by atoms with Crippen molar-refractivity contribution in [3.8, 4) is 0 Å². The quantitative estimate of drug-likeness (QED) is 0.359. The number of thioether (sulfide) groups is 1. The second-order valence-electron chi connectivity index (χ2n) is 4.61. The van der Waals surface area contributed by atoms with E-state index in [2.05, 4.69) is 53.0 Å². The molecule has 0 saturated heterocycles. The molecule has 1 unspecified atom stereocenters. The molecule has 1 aliphatic rings. The van der Waals surface area contributed by atoms with Gasteiger partial charge < -0.3 is 5.32 Å². The van der Waals surface area contributed by atoms with E-state index >= 15 is 0 Å². The number of benzene rings is 1. The average molecular weight is 361 g/mol. The Labute approximate surface area is 122 Å². The van der Waals surface area contributed by atoms with Crippen LogP contribution in [-0.4, -0.2) is 22.8 Å². The van der Waals surface area contributed by atoms with Crippen molar-refractivity contribution >= 4 is 34.4 Å². The van der Waals surface area contributed by atoms with Crippen molar-refractivity contribution in [2.75, 3.05) is 16.7 Å². The van der Waals surface area contributed by atoms with Gasteiger partial charge in [-0.15, -0.1) is 11.8 Å². The number of aryl methyl sites for hydroxylation is 1. The highest BCUT2D eigenvalue weighted by Gasteiger charge is 2.14. The molecule has 1 nitrogen and oxygen atoms in total. The highest BCUT2D eigenvalue weighted by atomic mass is 127. The zero-order valence-corrected chi connectivity index (χ0v) is 13.3. The van der Waals surface area contributed by atoms with Gasteiger partial charge in [-0.3, -0.25) is 0 Å². The summed E-state index contributed by atoms with van der Waals surface area (Å²) in [5.41, 5.74) is 3.21. The predicted octanol–water partition coefficient (Wildman–Crippen LogP) is 3.68. The van der Waals surface area contributed by atoms with Crippen molar-refractivity contribution in [3.63, 3.8) is 0 Å². The molecule has 3 heteroatoms. The highest BCUT2D eigenvalue weighted by molar-refractivity contribution is 14.1. The molecule has 94 valence electrons. The van der Waals surface area contributed by atoms with E-state index in [1.165, 1.54) is 34.3 Å². The van der Waals surface area contributed by atoms with Crippen LogP contribution in [0.1, 0.15) is 24.5 Å². The summed E-state index contributed by atoms with van der Waals surface area (Å²) in [5, 5.41) is 3.54. The number of halogens is 1. The molecule has 1 atom stereocenters. The van der Waals surface area contributed by atoms with Crippen LogP contribution in [-0.2, 0) is 12.8 Å². The van der Waals surface area contributed by atoms with Gasteiger partial charge in [-0.25, -0.2) is 0 Å². The highest BCUT2D eigenvalue weighted by Crippen LogP contribution is 2.31. The molecule has 1 N–H and O–H groups in total. The molecule has 0 spiro atoms. The number of nitrogens with one attached hydrogen (secondary N) is 1. The third kappa shape index (κ3) is 3.86. The zero-order chi connectivity index (χ0) is 12.1. The maximum atomic E-state index is 3.54. The summed E-state index contributed by atoms with van der Waals surface area (Å²) < 4.78 is 1.18. The summed E-state index contributed by atoms with van der Waals surface area (Å²) in [7, 11) is 0. The standard InChI is InChI=1S/C14H20INS/c1-11(10-15)16-8-9-17-14-7-3-5-12-4-2-6-13(12)14/h3,5,7,11,16H,2,4,6,8-10H2,1H3. The minimum atomic E-state index is 0.637. The van der Waals surface area contributed by atoms with Gasteiger partial charge in [0.25, 0.3) is 0 Å². The van der Waals surface area contributed by atoms with Crippen molar-refractivity contribution in [1.29, 1.82) is 0 Å². The lowest BCUT2D eigenvalue weighted by Crippen LogP contribution is -2.29. The van der Waals surface area contributed by atoms with E-state index < -0.39 is 0 Å². The number of fused-ring (bicyclic) bond motifs is 1. The minimum absolute atomic E-state index is 0.637. The minimum Gasteiger partial charge on any atom is -0.313 e. The first-order chi connectivity index (χ1) is 8.31.